The second kappa shape index (κ2) is 9.98. The number of ketones is 1. The Morgan fingerprint density at radius 1 is 0.871 bits per heavy atom. The number of amides is 1. The van der Waals surface area contributed by atoms with Crippen LogP contribution in [0.15, 0.2) is 54.1 Å². The number of carbonyl (C=O) groups excluding carboxylic acids is 2. The maximum Gasteiger partial charge on any atom is 0.303 e. The number of hydrogen-bond donors (Lipinski definition) is 2. The number of aliphatic carboxylic acids is 1. The Labute approximate surface area is 189 Å². The number of rotatable bonds is 8. The van der Waals surface area contributed by atoms with Crippen molar-refractivity contribution in [3.8, 4) is 0 Å². The fourth-order valence-corrected chi connectivity index (χ4v) is 3.85. The molecule has 2 aromatic rings. The molecule has 31 heavy (non-hydrogen) atoms. The summed E-state index contributed by atoms with van der Waals surface area (Å²) in [6.07, 6.45) is 1.66. The lowest BCUT2D eigenvalue weighted by Crippen LogP contribution is -2.30. The van der Waals surface area contributed by atoms with Gasteiger partial charge in [0.1, 0.15) is 5.76 Å². The second-order valence-electron chi connectivity index (χ2n) is 7.26. The molecule has 0 radical (unpaired) electrons. The van der Waals surface area contributed by atoms with E-state index < -0.39 is 23.7 Å². The van der Waals surface area contributed by atoms with Crippen LogP contribution in [0.4, 0.5) is 0 Å². The van der Waals surface area contributed by atoms with Crippen molar-refractivity contribution >= 4 is 46.6 Å². The number of aliphatic hydroxyl groups is 1. The molecule has 6 nitrogen and oxygen atoms in total. The summed E-state index contributed by atoms with van der Waals surface area (Å²) in [5.74, 6) is -2.61. The third kappa shape index (κ3) is 5.27. The Hall–Kier alpha value is -2.83. The first-order valence-electron chi connectivity index (χ1n) is 9.81. The zero-order valence-electron chi connectivity index (χ0n) is 16.6. The van der Waals surface area contributed by atoms with Gasteiger partial charge in [0.05, 0.1) is 11.6 Å². The summed E-state index contributed by atoms with van der Waals surface area (Å²) in [5, 5.41) is 20.7. The van der Waals surface area contributed by atoms with Crippen LogP contribution in [-0.4, -0.2) is 39.3 Å². The highest BCUT2D eigenvalue weighted by molar-refractivity contribution is 6.46. The van der Waals surface area contributed by atoms with Crippen LogP contribution in [0.5, 0.6) is 0 Å². The minimum atomic E-state index is -0.871. The number of benzene rings is 2. The predicted octanol–water partition coefficient (Wildman–Crippen LogP) is 5.06. The molecule has 1 heterocycles. The molecule has 1 amide bonds. The first-order valence-corrected chi connectivity index (χ1v) is 10.6. The van der Waals surface area contributed by atoms with Crippen molar-refractivity contribution in [3.05, 3.63) is 75.3 Å². The van der Waals surface area contributed by atoms with Gasteiger partial charge in [-0.1, -0.05) is 41.8 Å². The van der Waals surface area contributed by atoms with E-state index in [2.05, 4.69) is 0 Å². The lowest BCUT2D eigenvalue weighted by atomic mass is 9.95. The lowest BCUT2D eigenvalue weighted by Gasteiger charge is -2.25. The molecule has 1 fully saturated rings. The molecule has 3 rings (SSSR count). The fourth-order valence-electron chi connectivity index (χ4n) is 3.60. The number of likely N-dealkylation sites (tertiary alicyclic amines) is 1. The monoisotopic (exact) mass is 461 g/mol. The topological polar surface area (TPSA) is 94.9 Å². The Morgan fingerprint density at radius 3 is 2.03 bits per heavy atom. The maximum absolute atomic E-state index is 12.9. The normalized spacial score (nSPS) is 17.9. The molecule has 162 valence electrons. The van der Waals surface area contributed by atoms with Crippen molar-refractivity contribution in [2.24, 2.45) is 0 Å². The Bertz CT molecular complexity index is 1020. The van der Waals surface area contributed by atoms with Gasteiger partial charge < -0.3 is 15.1 Å². The van der Waals surface area contributed by atoms with E-state index in [1.807, 2.05) is 0 Å². The van der Waals surface area contributed by atoms with Gasteiger partial charge in [0.25, 0.3) is 11.7 Å². The average Bonchev–Trinajstić information content (AvgIpc) is 2.99. The first-order chi connectivity index (χ1) is 14.8. The van der Waals surface area contributed by atoms with Gasteiger partial charge in [-0.15, -0.1) is 0 Å². The standard InChI is InChI=1S/C23H21Cl2NO5/c24-16-9-5-14(6-10-16)20-19(21(29)15-7-11-17(25)12-8-15)22(30)23(31)26(20)13-3-1-2-4-18(27)28/h5-12,20,29H,1-4,13H2,(H,27,28)/t20-/m1/s1. The quantitative estimate of drug-likeness (QED) is 0.248. The number of halogens is 2. The molecule has 1 atom stereocenters. The summed E-state index contributed by atoms with van der Waals surface area (Å²) in [6.45, 7) is 0.259. The van der Waals surface area contributed by atoms with E-state index in [1.54, 1.807) is 48.5 Å². The second-order valence-corrected chi connectivity index (χ2v) is 8.13. The van der Waals surface area contributed by atoms with E-state index in [9.17, 15) is 19.5 Å². The van der Waals surface area contributed by atoms with Crippen molar-refractivity contribution < 1.29 is 24.6 Å². The van der Waals surface area contributed by atoms with Crippen LogP contribution in [0.1, 0.15) is 42.9 Å². The molecular weight excluding hydrogens is 441 g/mol. The molecule has 0 aliphatic carbocycles. The third-order valence-corrected chi connectivity index (χ3v) is 5.64. The summed E-state index contributed by atoms with van der Waals surface area (Å²) in [6, 6.07) is 12.3. The molecular formula is C23H21Cl2NO5. The maximum atomic E-state index is 12.9. The van der Waals surface area contributed by atoms with Crippen molar-refractivity contribution in [2.45, 2.75) is 31.7 Å². The number of carboxylic acid groups (broad SMARTS) is 1. The van der Waals surface area contributed by atoms with Gasteiger partial charge in [-0.2, -0.15) is 0 Å². The van der Waals surface area contributed by atoms with Crippen LogP contribution < -0.4 is 0 Å². The lowest BCUT2D eigenvalue weighted by molar-refractivity contribution is -0.140. The van der Waals surface area contributed by atoms with Crippen LogP contribution in [0, 0.1) is 0 Å². The predicted molar refractivity (Wildman–Crippen MR) is 118 cm³/mol. The largest absolute Gasteiger partial charge is 0.507 e. The number of unbranched alkanes of at least 4 members (excludes halogenated alkanes) is 2. The van der Waals surface area contributed by atoms with E-state index in [0.717, 1.165) is 0 Å². The summed E-state index contributed by atoms with van der Waals surface area (Å²) >= 11 is 11.9. The van der Waals surface area contributed by atoms with E-state index in [4.69, 9.17) is 28.3 Å². The first kappa shape index (κ1) is 22.8. The Balaban J connectivity index is 1.96. The van der Waals surface area contributed by atoms with Gasteiger partial charge in [-0.05, 0) is 54.8 Å². The minimum Gasteiger partial charge on any atom is -0.507 e. The average molecular weight is 462 g/mol. The van der Waals surface area contributed by atoms with E-state index in [-0.39, 0.29) is 24.3 Å². The molecule has 0 bridgehead atoms. The number of hydrogen-bond acceptors (Lipinski definition) is 4. The number of aliphatic hydroxyl groups excluding tert-OH is 1. The summed E-state index contributed by atoms with van der Waals surface area (Å²) in [7, 11) is 0. The molecule has 0 spiro atoms. The van der Waals surface area contributed by atoms with Crippen molar-refractivity contribution in [2.75, 3.05) is 6.54 Å². The van der Waals surface area contributed by atoms with Crippen LogP contribution in [0.25, 0.3) is 5.76 Å². The molecule has 0 aromatic heterocycles. The van der Waals surface area contributed by atoms with Gasteiger partial charge in [0, 0.05) is 28.6 Å². The van der Waals surface area contributed by atoms with Gasteiger partial charge in [-0.3, -0.25) is 14.4 Å². The van der Waals surface area contributed by atoms with Crippen LogP contribution >= 0.6 is 23.2 Å². The third-order valence-electron chi connectivity index (χ3n) is 5.13. The molecule has 2 N–H and O–H groups in total. The number of carbonyl (C=O) groups is 3. The van der Waals surface area contributed by atoms with E-state index in [0.29, 0.717) is 40.4 Å². The van der Waals surface area contributed by atoms with Gasteiger partial charge >= 0.3 is 5.97 Å². The Kier molecular flexibility index (Phi) is 7.36. The minimum absolute atomic E-state index is 0.000167. The molecule has 1 aliphatic rings. The van der Waals surface area contributed by atoms with Crippen molar-refractivity contribution in [3.63, 3.8) is 0 Å². The van der Waals surface area contributed by atoms with Crippen molar-refractivity contribution in [1.29, 1.82) is 0 Å². The SMILES string of the molecule is O=C(O)CCCCCN1C(=O)C(=O)C(=C(O)c2ccc(Cl)cc2)[C@H]1c1ccc(Cl)cc1. The van der Waals surface area contributed by atoms with Gasteiger partial charge in [-0.25, -0.2) is 0 Å². The highest BCUT2D eigenvalue weighted by Gasteiger charge is 2.45. The summed E-state index contributed by atoms with van der Waals surface area (Å²) in [5.41, 5.74) is 1.02. The van der Waals surface area contributed by atoms with Gasteiger partial charge in [0.2, 0.25) is 0 Å². The fraction of sp³-hybridized carbons (Fsp3) is 0.261. The molecule has 8 heteroatoms. The molecule has 1 saturated heterocycles. The Morgan fingerprint density at radius 2 is 1.45 bits per heavy atom. The number of Topliss-reactive ketones (excluding diaryl/α,β-unsaturated/α-hetero) is 1. The number of carboxylic acids is 1. The zero-order valence-corrected chi connectivity index (χ0v) is 18.1. The smallest absolute Gasteiger partial charge is 0.303 e. The highest BCUT2D eigenvalue weighted by Crippen LogP contribution is 2.40. The molecule has 2 aromatic carbocycles. The van der Waals surface area contributed by atoms with Crippen LogP contribution in [-0.2, 0) is 14.4 Å². The van der Waals surface area contributed by atoms with Crippen LogP contribution in [0.2, 0.25) is 10.0 Å². The van der Waals surface area contributed by atoms with Crippen LogP contribution in [0.3, 0.4) is 0 Å². The molecule has 1 aliphatic heterocycles. The summed E-state index contributed by atoms with van der Waals surface area (Å²) in [4.78, 5) is 37.8. The van der Waals surface area contributed by atoms with Crippen molar-refractivity contribution in [1.82, 2.24) is 4.90 Å². The number of nitrogens with zero attached hydrogens (tertiary/aromatic N) is 1. The van der Waals surface area contributed by atoms with Gasteiger partial charge in [0.15, 0.2) is 0 Å². The molecule has 0 saturated carbocycles. The van der Waals surface area contributed by atoms with E-state index in [1.165, 1.54) is 4.90 Å². The van der Waals surface area contributed by atoms with E-state index >= 15 is 0 Å². The highest BCUT2D eigenvalue weighted by atomic mass is 35.5. The summed E-state index contributed by atoms with van der Waals surface area (Å²) < 4.78 is 0. The molecule has 0 unspecified atom stereocenters. The zero-order chi connectivity index (χ0) is 22.5.